The molecule has 1 N–H and O–H groups in total. The molecule has 1 aromatic rings. The molecule has 0 saturated carbocycles. The zero-order valence-electron chi connectivity index (χ0n) is 12.4. The molecule has 108 valence electrons. The Kier molecular flexibility index (Phi) is 4.67. The average molecular weight is 273 g/mol. The minimum atomic E-state index is -0.316. The maximum Gasteiger partial charge on any atom is 0.119 e. The first-order chi connectivity index (χ1) is 9.52. The Hall–Kier alpha value is -1.53. The summed E-state index contributed by atoms with van der Waals surface area (Å²) in [5.74, 6) is 0.868. The van der Waals surface area contributed by atoms with E-state index < -0.39 is 0 Å². The number of rotatable bonds is 5. The zero-order valence-corrected chi connectivity index (χ0v) is 12.4. The van der Waals surface area contributed by atoms with E-state index in [1.54, 1.807) is 0 Å². The number of hydrogen-bond donors (Lipinski definition) is 1. The smallest absolute Gasteiger partial charge is 0.119 e. The third-order valence-corrected chi connectivity index (χ3v) is 3.91. The minimum Gasteiger partial charge on any atom is -0.494 e. The van der Waals surface area contributed by atoms with Crippen molar-refractivity contribution in [3.8, 4) is 11.8 Å². The van der Waals surface area contributed by atoms with Crippen molar-refractivity contribution in [3.63, 3.8) is 0 Å². The highest BCUT2D eigenvalue weighted by atomic mass is 16.5. The van der Waals surface area contributed by atoms with Crippen LogP contribution in [-0.4, -0.2) is 11.7 Å². The van der Waals surface area contributed by atoms with Gasteiger partial charge >= 0.3 is 0 Å². The van der Waals surface area contributed by atoms with Crippen LogP contribution in [0.5, 0.6) is 5.75 Å². The van der Waals surface area contributed by atoms with E-state index in [0.29, 0.717) is 6.61 Å². The zero-order chi connectivity index (χ0) is 14.6. The van der Waals surface area contributed by atoms with Crippen LogP contribution in [0.25, 0.3) is 0 Å². The number of aryl methyl sites for hydroxylation is 1. The highest BCUT2D eigenvalue weighted by Gasteiger charge is 2.18. The van der Waals surface area contributed by atoms with Crippen LogP contribution in [0.2, 0.25) is 0 Å². The van der Waals surface area contributed by atoms with Gasteiger partial charge in [-0.15, -0.1) is 0 Å². The summed E-state index contributed by atoms with van der Waals surface area (Å²) in [6.07, 6.45) is 4.31. The predicted octanol–water partition coefficient (Wildman–Crippen LogP) is 3.77. The Balaban J connectivity index is 1.87. The predicted molar refractivity (Wildman–Crippen MR) is 78.5 cm³/mol. The number of fused-ring (bicyclic) bond motifs is 1. The van der Waals surface area contributed by atoms with Crippen LogP contribution in [0.1, 0.15) is 56.8 Å². The molecule has 0 fully saturated rings. The lowest BCUT2D eigenvalue weighted by molar-refractivity contribution is 0.156. The molecule has 1 unspecified atom stereocenters. The molecule has 3 heteroatoms. The van der Waals surface area contributed by atoms with Gasteiger partial charge < -0.3 is 9.84 Å². The molecule has 0 aromatic heterocycles. The fourth-order valence-corrected chi connectivity index (χ4v) is 2.61. The van der Waals surface area contributed by atoms with E-state index >= 15 is 0 Å². The Morgan fingerprint density at radius 3 is 3.00 bits per heavy atom. The van der Waals surface area contributed by atoms with Gasteiger partial charge in [0.05, 0.1) is 24.2 Å². The van der Waals surface area contributed by atoms with Crippen LogP contribution < -0.4 is 4.74 Å². The lowest BCUT2D eigenvalue weighted by atomic mass is 9.89. The van der Waals surface area contributed by atoms with Crippen molar-refractivity contribution in [1.82, 2.24) is 0 Å². The Morgan fingerprint density at radius 2 is 2.25 bits per heavy atom. The lowest BCUT2D eigenvalue weighted by Crippen LogP contribution is -2.11. The van der Waals surface area contributed by atoms with Crippen LogP contribution >= 0.6 is 0 Å². The molecule has 2 rings (SSSR count). The van der Waals surface area contributed by atoms with Gasteiger partial charge in [-0.2, -0.15) is 5.26 Å². The molecular formula is C17H23NO2. The normalized spacial score (nSPS) is 18.2. The maximum atomic E-state index is 9.91. The summed E-state index contributed by atoms with van der Waals surface area (Å²) in [5.41, 5.74) is 1.98. The third kappa shape index (κ3) is 3.74. The molecule has 0 spiro atoms. The first-order valence-corrected chi connectivity index (χ1v) is 7.37. The molecule has 1 aliphatic rings. The van der Waals surface area contributed by atoms with Crippen LogP contribution in [0.4, 0.5) is 0 Å². The molecule has 0 radical (unpaired) electrons. The third-order valence-electron chi connectivity index (χ3n) is 3.91. The topological polar surface area (TPSA) is 53.2 Å². The number of ether oxygens (including phenoxy) is 1. The van der Waals surface area contributed by atoms with E-state index in [9.17, 15) is 5.11 Å². The second-order valence-corrected chi connectivity index (χ2v) is 6.22. The van der Waals surface area contributed by atoms with E-state index in [1.165, 1.54) is 5.56 Å². The number of aliphatic hydroxyl groups excluding tert-OH is 1. The first kappa shape index (κ1) is 14.9. The highest BCUT2D eigenvalue weighted by Crippen LogP contribution is 2.32. The number of benzene rings is 1. The van der Waals surface area contributed by atoms with Crippen molar-refractivity contribution in [2.24, 2.45) is 5.41 Å². The van der Waals surface area contributed by atoms with Crippen LogP contribution in [-0.2, 0) is 6.42 Å². The summed E-state index contributed by atoms with van der Waals surface area (Å²) in [6.45, 7) is 4.53. The molecule has 1 atom stereocenters. The second kappa shape index (κ2) is 6.28. The molecular weight excluding hydrogens is 250 g/mol. The van der Waals surface area contributed by atoms with E-state index in [2.05, 4.69) is 6.07 Å². The van der Waals surface area contributed by atoms with Gasteiger partial charge in [0, 0.05) is 0 Å². The van der Waals surface area contributed by atoms with Crippen molar-refractivity contribution in [2.75, 3.05) is 6.61 Å². The van der Waals surface area contributed by atoms with Gasteiger partial charge in [-0.3, -0.25) is 0 Å². The van der Waals surface area contributed by atoms with Gasteiger partial charge in [0.1, 0.15) is 5.75 Å². The van der Waals surface area contributed by atoms with Gasteiger partial charge in [-0.25, -0.2) is 0 Å². The quantitative estimate of drug-likeness (QED) is 0.831. The van der Waals surface area contributed by atoms with Crippen molar-refractivity contribution < 1.29 is 9.84 Å². The minimum absolute atomic E-state index is 0.274. The molecule has 3 nitrogen and oxygen atoms in total. The van der Waals surface area contributed by atoms with E-state index in [-0.39, 0.29) is 11.5 Å². The summed E-state index contributed by atoms with van der Waals surface area (Å²) in [4.78, 5) is 0. The molecule has 20 heavy (non-hydrogen) atoms. The Labute approximate surface area is 121 Å². The number of hydrogen-bond acceptors (Lipinski definition) is 3. The summed E-state index contributed by atoms with van der Waals surface area (Å²) in [5, 5.41) is 18.9. The van der Waals surface area contributed by atoms with E-state index in [0.717, 1.165) is 43.4 Å². The van der Waals surface area contributed by atoms with E-state index in [1.807, 2.05) is 32.0 Å². The summed E-state index contributed by atoms with van der Waals surface area (Å²) in [7, 11) is 0. The van der Waals surface area contributed by atoms with Crippen molar-refractivity contribution in [1.29, 1.82) is 5.26 Å². The van der Waals surface area contributed by atoms with Gasteiger partial charge in [0.2, 0.25) is 0 Å². The summed E-state index contributed by atoms with van der Waals surface area (Å²) < 4.78 is 5.76. The fraction of sp³-hybridized carbons (Fsp3) is 0.588. The summed E-state index contributed by atoms with van der Waals surface area (Å²) >= 11 is 0. The SMILES string of the molecule is CC(C)(C#N)CCCOc1ccc2c(c1)CCCC2O. The fourth-order valence-electron chi connectivity index (χ4n) is 2.61. The highest BCUT2D eigenvalue weighted by molar-refractivity contribution is 5.38. The number of aliphatic hydroxyl groups is 1. The largest absolute Gasteiger partial charge is 0.494 e. The van der Waals surface area contributed by atoms with E-state index in [4.69, 9.17) is 10.00 Å². The average Bonchev–Trinajstić information content (AvgIpc) is 2.44. The van der Waals surface area contributed by atoms with Gasteiger partial charge in [0.25, 0.3) is 0 Å². The Morgan fingerprint density at radius 1 is 1.45 bits per heavy atom. The van der Waals surface area contributed by atoms with Gasteiger partial charge in [-0.05, 0) is 69.2 Å². The van der Waals surface area contributed by atoms with Gasteiger partial charge in [-0.1, -0.05) is 6.07 Å². The lowest BCUT2D eigenvalue weighted by Gasteiger charge is -2.22. The van der Waals surface area contributed by atoms with Crippen LogP contribution in [0, 0.1) is 16.7 Å². The molecule has 0 amide bonds. The van der Waals surface area contributed by atoms with Crippen LogP contribution in [0.15, 0.2) is 18.2 Å². The molecule has 1 aliphatic carbocycles. The summed E-state index contributed by atoms with van der Waals surface area (Å²) in [6, 6.07) is 8.26. The first-order valence-electron chi connectivity index (χ1n) is 7.37. The monoisotopic (exact) mass is 273 g/mol. The molecule has 0 saturated heterocycles. The van der Waals surface area contributed by atoms with Crippen molar-refractivity contribution >= 4 is 0 Å². The molecule has 1 aromatic carbocycles. The molecule has 0 aliphatic heterocycles. The van der Waals surface area contributed by atoms with Crippen LogP contribution in [0.3, 0.4) is 0 Å². The van der Waals surface area contributed by atoms with Gasteiger partial charge in [0.15, 0.2) is 0 Å². The number of nitrogens with zero attached hydrogens (tertiary/aromatic N) is 1. The second-order valence-electron chi connectivity index (χ2n) is 6.22. The number of nitriles is 1. The Bertz CT molecular complexity index is 502. The van der Waals surface area contributed by atoms with Crippen molar-refractivity contribution in [3.05, 3.63) is 29.3 Å². The maximum absolute atomic E-state index is 9.91. The standard InChI is InChI=1S/C17H23NO2/c1-17(2,12-18)9-4-10-20-14-7-8-15-13(11-14)5-3-6-16(15)19/h7-8,11,16,19H,3-6,9-10H2,1-2H3. The molecule has 0 bridgehead atoms. The van der Waals surface area contributed by atoms with Crippen molar-refractivity contribution in [2.45, 2.75) is 52.1 Å². The molecule has 0 heterocycles.